The minimum absolute atomic E-state index is 0.130. The van der Waals surface area contributed by atoms with E-state index in [0.717, 1.165) is 11.1 Å². The third kappa shape index (κ3) is 2.82. The number of carbonyl (C=O) groups excluding carboxylic acids is 1. The molecule has 5 heteroatoms. The molecular weight excluding hydrogens is 224 g/mol. The highest BCUT2D eigenvalue weighted by Gasteiger charge is 2.51. The lowest BCUT2D eigenvalue weighted by molar-refractivity contribution is -0.147. The lowest BCUT2D eigenvalue weighted by Gasteiger charge is -2.03. The van der Waals surface area contributed by atoms with Crippen LogP contribution in [0.3, 0.4) is 0 Å². The van der Waals surface area contributed by atoms with Crippen LogP contribution in [0.5, 0.6) is 0 Å². The molecule has 1 aromatic rings. The van der Waals surface area contributed by atoms with E-state index < -0.39 is 24.1 Å². The first-order chi connectivity index (χ1) is 8.08. The number of epoxide rings is 1. The molecule has 1 saturated heterocycles. The maximum absolute atomic E-state index is 11.3. The number of carbonyl (C=O) groups is 2. The molecule has 0 spiro atoms. The molecule has 90 valence electrons. The molecule has 1 fully saturated rings. The van der Waals surface area contributed by atoms with E-state index in [0.29, 0.717) is 0 Å². The summed E-state index contributed by atoms with van der Waals surface area (Å²) in [5, 5.41) is 8.56. The Morgan fingerprint density at radius 3 is 2.47 bits per heavy atom. The summed E-state index contributed by atoms with van der Waals surface area (Å²) < 4.78 is 9.62. The van der Waals surface area contributed by atoms with Gasteiger partial charge in [-0.3, -0.25) is 0 Å². The highest BCUT2D eigenvalue weighted by Crippen LogP contribution is 2.23. The first kappa shape index (κ1) is 11.6. The lowest BCUT2D eigenvalue weighted by atomic mass is 10.2. The third-order valence-electron chi connectivity index (χ3n) is 2.47. The molecule has 0 aromatic heterocycles. The van der Waals surface area contributed by atoms with Crippen LogP contribution < -0.4 is 0 Å². The largest absolute Gasteiger partial charge is 0.479 e. The van der Waals surface area contributed by atoms with Crippen molar-refractivity contribution in [1.82, 2.24) is 0 Å². The first-order valence-corrected chi connectivity index (χ1v) is 5.18. The average molecular weight is 236 g/mol. The van der Waals surface area contributed by atoms with Crippen molar-refractivity contribution >= 4 is 11.9 Å². The molecule has 1 aliphatic heterocycles. The SMILES string of the molecule is Cc1ccc(COC(=O)C2OC2C(=O)O)cc1. The summed E-state index contributed by atoms with van der Waals surface area (Å²) in [6.07, 6.45) is -1.99. The highest BCUT2D eigenvalue weighted by molar-refractivity contribution is 5.88. The second-order valence-electron chi connectivity index (χ2n) is 3.91. The van der Waals surface area contributed by atoms with E-state index >= 15 is 0 Å². The summed E-state index contributed by atoms with van der Waals surface area (Å²) >= 11 is 0. The van der Waals surface area contributed by atoms with Gasteiger partial charge in [0, 0.05) is 0 Å². The van der Waals surface area contributed by atoms with Crippen LogP contribution in [0.1, 0.15) is 11.1 Å². The number of esters is 1. The monoisotopic (exact) mass is 236 g/mol. The number of aryl methyl sites for hydroxylation is 1. The van der Waals surface area contributed by atoms with Crippen molar-refractivity contribution in [2.24, 2.45) is 0 Å². The molecule has 1 N–H and O–H groups in total. The maximum Gasteiger partial charge on any atom is 0.339 e. The molecule has 1 aliphatic rings. The summed E-state index contributed by atoms with van der Waals surface area (Å²) in [5.41, 5.74) is 1.98. The van der Waals surface area contributed by atoms with E-state index in [4.69, 9.17) is 9.84 Å². The first-order valence-electron chi connectivity index (χ1n) is 5.18. The Hall–Kier alpha value is -1.88. The molecule has 0 amide bonds. The topological polar surface area (TPSA) is 76.1 Å². The molecule has 1 heterocycles. The van der Waals surface area contributed by atoms with Crippen LogP contribution in [0, 0.1) is 6.92 Å². The fourth-order valence-corrected chi connectivity index (χ4v) is 1.40. The molecule has 5 nitrogen and oxygen atoms in total. The summed E-state index contributed by atoms with van der Waals surface area (Å²) in [6.45, 7) is 2.09. The molecule has 0 radical (unpaired) electrons. The van der Waals surface area contributed by atoms with Crippen LogP contribution >= 0.6 is 0 Å². The fraction of sp³-hybridized carbons (Fsp3) is 0.333. The normalized spacial score (nSPS) is 21.9. The van der Waals surface area contributed by atoms with Crippen molar-refractivity contribution in [1.29, 1.82) is 0 Å². The van der Waals surface area contributed by atoms with Crippen molar-refractivity contribution in [2.45, 2.75) is 25.7 Å². The second kappa shape index (κ2) is 4.55. The zero-order valence-electron chi connectivity index (χ0n) is 9.25. The second-order valence-corrected chi connectivity index (χ2v) is 3.91. The molecule has 0 saturated carbocycles. The number of hydrogen-bond acceptors (Lipinski definition) is 4. The average Bonchev–Trinajstić information content (AvgIpc) is 3.08. The van der Waals surface area contributed by atoms with Crippen molar-refractivity contribution in [2.75, 3.05) is 0 Å². The van der Waals surface area contributed by atoms with Crippen molar-refractivity contribution in [3.05, 3.63) is 35.4 Å². The van der Waals surface area contributed by atoms with Gasteiger partial charge in [-0.05, 0) is 12.5 Å². The van der Waals surface area contributed by atoms with Gasteiger partial charge in [0.15, 0.2) is 12.2 Å². The van der Waals surface area contributed by atoms with Crippen LogP contribution in [0.15, 0.2) is 24.3 Å². The quantitative estimate of drug-likeness (QED) is 0.620. The van der Waals surface area contributed by atoms with Gasteiger partial charge >= 0.3 is 11.9 Å². The summed E-state index contributed by atoms with van der Waals surface area (Å²) in [6, 6.07) is 7.53. The van der Waals surface area contributed by atoms with E-state index in [9.17, 15) is 9.59 Å². The Morgan fingerprint density at radius 2 is 1.94 bits per heavy atom. The molecule has 0 aliphatic carbocycles. The van der Waals surface area contributed by atoms with Gasteiger partial charge < -0.3 is 14.6 Å². The number of aliphatic carboxylic acids is 1. The maximum atomic E-state index is 11.3. The van der Waals surface area contributed by atoms with Crippen LogP contribution in [0.4, 0.5) is 0 Å². The highest BCUT2D eigenvalue weighted by atomic mass is 16.7. The van der Waals surface area contributed by atoms with Crippen LogP contribution in [-0.2, 0) is 25.7 Å². The Kier molecular flexibility index (Phi) is 3.10. The Morgan fingerprint density at radius 1 is 1.29 bits per heavy atom. The molecule has 2 unspecified atom stereocenters. The summed E-state index contributed by atoms with van der Waals surface area (Å²) in [4.78, 5) is 21.8. The minimum atomic E-state index is -1.14. The third-order valence-corrected chi connectivity index (χ3v) is 2.47. The molecule has 1 aromatic carbocycles. The summed E-state index contributed by atoms with van der Waals surface area (Å²) in [5.74, 6) is -1.76. The van der Waals surface area contributed by atoms with Gasteiger partial charge in [0.1, 0.15) is 6.61 Å². The van der Waals surface area contributed by atoms with Gasteiger partial charge in [0.05, 0.1) is 0 Å². The lowest BCUT2D eigenvalue weighted by Crippen LogP contribution is -2.18. The van der Waals surface area contributed by atoms with Crippen molar-refractivity contribution in [3.63, 3.8) is 0 Å². The molecule has 0 bridgehead atoms. The number of carboxylic acids is 1. The molecule has 2 rings (SSSR count). The zero-order valence-corrected chi connectivity index (χ0v) is 9.25. The van der Waals surface area contributed by atoms with E-state index in [1.807, 2.05) is 31.2 Å². The Labute approximate surface area is 98.0 Å². The van der Waals surface area contributed by atoms with Crippen LogP contribution in [0.25, 0.3) is 0 Å². The Balaban J connectivity index is 1.81. The van der Waals surface area contributed by atoms with Crippen LogP contribution in [0.2, 0.25) is 0 Å². The smallest absolute Gasteiger partial charge is 0.339 e. The number of hydrogen-bond donors (Lipinski definition) is 1. The summed E-state index contributed by atoms with van der Waals surface area (Å²) in [7, 11) is 0. The molecule has 17 heavy (non-hydrogen) atoms. The number of rotatable bonds is 4. The fourth-order valence-electron chi connectivity index (χ4n) is 1.40. The van der Waals surface area contributed by atoms with E-state index in [-0.39, 0.29) is 6.61 Å². The predicted molar refractivity (Wildman–Crippen MR) is 57.3 cm³/mol. The Bertz CT molecular complexity index is 437. The minimum Gasteiger partial charge on any atom is -0.479 e. The van der Waals surface area contributed by atoms with Gasteiger partial charge in [-0.15, -0.1) is 0 Å². The van der Waals surface area contributed by atoms with E-state index in [2.05, 4.69) is 4.74 Å². The number of carboxylic acid groups (broad SMARTS) is 1. The number of ether oxygens (including phenoxy) is 2. The standard InChI is InChI=1S/C12H12O5/c1-7-2-4-8(5-3-7)6-16-12(15)10-9(17-10)11(13)14/h2-5,9-10H,6H2,1H3,(H,13,14). The molecular formula is C12H12O5. The van der Waals surface area contributed by atoms with Gasteiger partial charge in [-0.1, -0.05) is 29.8 Å². The number of benzene rings is 1. The van der Waals surface area contributed by atoms with Crippen molar-refractivity contribution < 1.29 is 24.2 Å². The van der Waals surface area contributed by atoms with Gasteiger partial charge in [0.25, 0.3) is 0 Å². The zero-order chi connectivity index (χ0) is 12.4. The van der Waals surface area contributed by atoms with Crippen LogP contribution in [-0.4, -0.2) is 29.3 Å². The van der Waals surface area contributed by atoms with E-state index in [1.165, 1.54) is 0 Å². The van der Waals surface area contributed by atoms with Crippen molar-refractivity contribution in [3.8, 4) is 0 Å². The molecule has 2 atom stereocenters. The predicted octanol–water partition coefficient (Wildman–Crippen LogP) is 0.890. The van der Waals surface area contributed by atoms with Gasteiger partial charge in [0.2, 0.25) is 0 Å². The van der Waals surface area contributed by atoms with E-state index in [1.54, 1.807) is 0 Å². The van der Waals surface area contributed by atoms with Gasteiger partial charge in [-0.2, -0.15) is 0 Å². The van der Waals surface area contributed by atoms with Gasteiger partial charge in [-0.25, -0.2) is 9.59 Å².